The Morgan fingerprint density at radius 1 is 1.23 bits per heavy atom. The first-order valence-corrected chi connectivity index (χ1v) is 8.60. The molecular weight excluding hydrogens is 527 g/mol. The average molecular weight is 552 g/mol. The van der Waals surface area contributed by atoms with Gasteiger partial charge in [-0.25, -0.2) is 0 Å². The molecule has 0 atom stereocenters. The SMILES string of the molecule is CN=C(NCCCOCCOC)NCc1cc(Br)ccc1OC(F)F.I. The molecule has 0 aliphatic heterocycles. The van der Waals surface area contributed by atoms with Gasteiger partial charge in [-0.1, -0.05) is 15.9 Å². The van der Waals surface area contributed by atoms with E-state index in [0.717, 1.165) is 10.9 Å². The summed E-state index contributed by atoms with van der Waals surface area (Å²) < 4.78 is 40.5. The molecule has 1 aromatic rings. The number of hydrogen-bond donors (Lipinski definition) is 2. The van der Waals surface area contributed by atoms with Crippen molar-refractivity contribution in [3.05, 3.63) is 28.2 Å². The molecule has 0 saturated heterocycles. The van der Waals surface area contributed by atoms with Crippen LogP contribution in [0.4, 0.5) is 8.78 Å². The molecule has 0 fully saturated rings. The van der Waals surface area contributed by atoms with Crippen LogP contribution in [0.1, 0.15) is 12.0 Å². The van der Waals surface area contributed by atoms with Crippen LogP contribution in [0.15, 0.2) is 27.7 Å². The van der Waals surface area contributed by atoms with Crippen LogP contribution in [0, 0.1) is 0 Å². The summed E-state index contributed by atoms with van der Waals surface area (Å²) in [6.45, 7) is -0.135. The van der Waals surface area contributed by atoms with E-state index < -0.39 is 6.61 Å². The second kappa shape index (κ2) is 15.3. The number of alkyl halides is 2. The molecule has 6 nitrogen and oxygen atoms in total. The van der Waals surface area contributed by atoms with Crippen molar-refractivity contribution in [2.75, 3.05) is 40.5 Å². The number of halogens is 4. The zero-order valence-electron chi connectivity index (χ0n) is 14.8. The molecule has 1 rings (SSSR count). The number of hydrogen-bond acceptors (Lipinski definition) is 4. The molecule has 150 valence electrons. The first-order valence-electron chi connectivity index (χ1n) is 7.81. The second-order valence-electron chi connectivity index (χ2n) is 4.94. The van der Waals surface area contributed by atoms with Gasteiger partial charge >= 0.3 is 6.61 Å². The monoisotopic (exact) mass is 551 g/mol. The van der Waals surface area contributed by atoms with Crippen LogP contribution in [0.3, 0.4) is 0 Å². The first kappa shape index (κ1) is 25.3. The van der Waals surface area contributed by atoms with Gasteiger partial charge in [0.25, 0.3) is 0 Å². The summed E-state index contributed by atoms with van der Waals surface area (Å²) in [5.74, 6) is 0.701. The fourth-order valence-corrected chi connectivity index (χ4v) is 2.33. The molecule has 2 N–H and O–H groups in total. The quantitative estimate of drug-likeness (QED) is 0.191. The van der Waals surface area contributed by atoms with Gasteiger partial charge in [0.05, 0.1) is 13.2 Å². The maximum absolute atomic E-state index is 12.5. The van der Waals surface area contributed by atoms with Crippen molar-refractivity contribution in [2.24, 2.45) is 4.99 Å². The van der Waals surface area contributed by atoms with Crippen molar-refractivity contribution in [3.63, 3.8) is 0 Å². The van der Waals surface area contributed by atoms with Gasteiger partial charge in [-0.15, -0.1) is 24.0 Å². The van der Waals surface area contributed by atoms with Crippen LogP contribution in [-0.4, -0.2) is 53.1 Å². The Kier molecular flexibility index (Phi) is 14.9. The van der Waals surface area contributed by atoms with Crippen molar-refractivity contribution in [2.45, 2.75) is 19.6 Å². The highest BCUT2D eigenvalue weighted by Gasteiger charge is 2.10. The summed E-state index contributed by atoms with van der Waals surface area (Å²) >= 11 is 3.32. The van der Waals surface area contributed by atoms with E-state index in [9.17, 15) is 8.78 Å². The fourth-order valence-electron chi connectivity index (χ4n) is 1.92. The van der Waals surface area contributed by atoms with Crippen molar-refractivity contribution in [1.82, 2.24) is 10.6 Å². The van der Waals surface area contributed by atoms with Crippen molar-refractivity contribution in [1.29, 1.82) is 0 Å². The lowest BCUT2D eigenvalue weighted by molar-refractivity contribution is -0.0504. The molecule has 0 amide bonds. The summed E-state index contributed by atoms with van der Waals surface area (Å²) in [6, 6.07) is 4.88. The number of guanidine groups is 1. The van der Waals surface area contributed by atoms with E-state index in [1.807, 2.05) is 0 Å². The molecule has 10 heteroatoms. The largest absolute Gasteiger partial charge is 0.434 e. The van der Waals surface area contributed by atoms with Crippen LogP contribution in [0.2, 0.25) is 0 Å². The van der Waals surface area contributed by atoms with Gasteiger partial charge in [-0.3, -0.25) is 4.99 Å². The molecule has 0 heterocycles. The minimum absolute atomic E-state index is 0. The van der Waals surface area contributed by atoms with Crippen LogP contribution in [0.5, 0.6) is 5.75 Å². The number of nitrogens with one attached hydrogen (secondary N) is 2. The van der Waals surface area contributed by atoms with Crippen LogP contribution in [-0.2, 0) is 16.0 Å². The van der Waals surface area contributed by atoms with Crippen LogP contribution < -0.4 is 15.4 Å². The van der Waals surface area contributed by atoms with Gasteiger partial charge in [0.2, 0.25) is 0 Å². The minimum atomic E-state index is -2.87. The van der Waals surface area contributed by atoms with Gasteiger partial charge in [0.1, 0.15) is 5.75 Å². The maximum Gasteiger partial charge on any atom is 0.387 e. The second-order valence-corrected chi connectivity index (χ2v) is 5.86. The summed E-state index contributed by atoms with van der Waals surface area (Å²) in [7, 11) is 3.27. The summed E-state index contributed by atoms with van der Waals surface area (Å²) in [5, 5.41) is 6.20. The zero-order chi connectivity index (χ0) is 18.5. The zero-order valence-corrected chi connectivity index (χ0v) is 18.7. The van der Waals surface area contributed by atoms with Crippen molar-refractivity contribution >= 4 is 45.9 Å². The molecule has 26 heavy (non-hydrogen) atoms. The topological polar surface area (TPSA) is 64.1 Å². The Morgan fingerprint density at radius 3 is 2.65 bits per heavy atom. The Balaban J connectivity index is 0.00000625. The van der Waals surface area contributed by atoms with Gasteiger partial charge in [-0.05, 0) is 24.6 Å². The molecule has 0 saturated carbocycles. The van der Waals surface area contributed by atoms with Crippen molar-refractivity contribution in [3.8, 4) is 5.75 Å². The van der Waals surface area contributed by atoms with E-state index >= 15 is 0 Å². The van der Waals surface area contributed by atoms with E-state index in [2.05, 4.69) is 36.3 Å². The molecule has 0 aliphatic rings. The lowest BCUT2D eigenvalue weighted by atomic mass is 10.2. The molecule has 0 bridgehead atoms. The molecule has 0 aromatic heterocycles. The smallest absolute Gasteiger partial charge is 0.387 e. The highest BCUT2D eigenvalue weighted by atomic mass is 127. The summed E-state index contributed by atoms with van der Waals surface area (Å²) in [6.07, 6.45) is 0.807. The summed E-state index contributed by atoms with van der Waals surface area (Å²) in [4.78, 5) is 4.10. The highest BCUT2D eigenvalue weighted by molar-refractivity contribution is 14.0. The highest BCUT2D eigenvalue weighted by Crippen LogP contribution is 2.24. The Labute approximate surface area is 178 Å². The fraction of sp³-hybridized carbons (Fsp3) is 0.562. The van der Waals surface area contributed by atoms with Crippen LogP contribution >= 0.6 is 39.9 Å². The number of ether oxygens (including phenoxy) is 3. The van der Waals surface area contributed by atoms with Crippen LogP contribution in [0.25, 0.3) is 0 Å². The molecule has 0 aliphatic carbocycles. The molecule has 0 spiro atoms. The third-order valence-corrected chi connectivity index (χ3v) is 3.59. The van der Waals surface area contributed by atoms with E-state index in [1.54, 1.807) is 26.3 Å². The number of methoxy groups -OCH3 is 1. The predicted octanol–water partition coefficient (Wildman–Crippen LogP) is 3.39. The number of benzene rings is 1. The summed E-state index contributed by atoms with van der Waals surface area (Å²) in [5.41, 5.74) is 0.598. The minimum Gasteiger partial charge on any atom is -0.434 e. The third kappa shape index (κ3) is 11.1. The normalized spacial score (nSPS) is 11.2. The first-order chi connectivity index (χ1) is 12.1. The Bertz CT molecular complexity index is 539. The van der Waals surface area contributed by atoms with Gasteiger partial charge in [0, 0.05) is 43.9 Å². The van der Waals surface area contributed by atoms with E-state index in [4.69, 9.17) is 9.47 Å². The van der Waals surface area contributed by atoms with Gasteiger partial charge < -0.3 is 24.8 Å². The molecular formula is C16H25BrF2IN3O3. The number of nitrogens with zero attached hydrogens (tertiary/aromatic N) is 1. The lowest BCUT2D eigenvalue weighted by Gasteiger charge is -2.15. The molecule has 0 unspecified atom stereocenters. The van der Waals surface area contributed by atoms with E-state index in [-0.39, 0.29) is 29.7 Å². The molecule has 0 radical (unpaired) electrons. The van der Waals surface area contributed by atoms with E-state index in [0.29, 0.717) is 44.4 Å². The Morgan fingerprint density at radius 2 is 2.00 bits per heavy atom. The maximum atomic E-state index is 12.5. The standard InChI is InChI=1S/C16H24BrF2N3O3.HI/c1-20-16(21-6-3-7-24-9-8-23-2)22-11-12-10-13(17)4-5-14(12)25-15(18)19;/h4-5,10,15H,3,6-9,11H2,1-2H3,(H2,20,21,22);1H. The lowest BCUT2D eigenvalue weighted by Crippen LogP contribution is -2.37. The van der Waals surface area contributed by atoms with Gasteiger partial charge in [0.15, 0.2) is 5.96 Å². The average Bonchev–Trinajstić information content (AvgIpc) is 2.58. The predicted molar refractivity (Wildman–Crippen MR) is 112 cm³/mol. The Hall–Kier alpha value is -0.720. The van der Waals surface area contributed by atoms with Gasteiger partial charge in [-0.2, -0.15) is 8.78 Å². The third-order valence-electron chi connectivity index (χ3n) is 3.10. The number of aliphatic imine (C=N–C) groups is 1. The van der Waals surface area contributed by atoms with Crippen molar-refractivity contribution < 1.29 is 23.0 Å². The van der Waals surface area contributed by atoms with E-state index in [1.165, 1.54) is 6.07 Å². The number of rotatable bonds is 11. The molecule has 1 aromatic carbocycles.